The highest BCUT2D eigenvalue weighted by molar-refractivity contribution is 5.41. The number of hydrogen-bond donors (Lipinski definition) is 2. The maximum Gasteiger partial charge on any atom is 0.147 e. The lowest BCUT2D eigenvalue weighted by atomic mass is 10.1. The Balaban J connectivity index is 2.52. The van der Waals surface area contributed by atoms with Crippen LogP contribution in [0.3, 0.4) is 0 Å². The smallest absolute Gasteiger partial charge is 0.147 e. The normalized spacial score (nSPS) is 12.5. The van der Waals surface area contributed by atoms with Crippen LogP contribution in [0.15, 0.2) is 12.4 Å². The molecule has 0 aromatic carbocycles. The summed E-state index contributed by atoms with van der Waals surface area (Å²) >= 11 is 0. The third-order valence-corrected chi connectivity index (χ3v) is 2.41. The first-order valence-electron chi connectivity index (χ1n) is 6.44. The van der Waals surface area contributed by atoms with Gasteiger partial charge in [-0.05, 0) is 25.7 Å². The van der Waals surface area contributed by atoms with Gasteiger partial charge in [0.15, 0.2) is 0 Å². The van der Waals surface area contributed by atoms with Gasteiger partial charge < -0.3 is 10.6 Å². The van der Waals surface area contributed by atoms with Gasteiger partial charge in [0, 0.05) is 12.6 Å². The molecule has 0 amide bonds. The fourth-order valence-electron chi connectivity index (χ4n) is 1.79. The van der Waals surface area contributed by atoms with Gasteiger partial charge >= 0.3 is 0 Å². The highest BCUT2D eigenvalue weighted by Gasteiger charge is 2.06. The van der Waals surface area contributed by atoms with Crippen LogP contribution in [0.5, 0.6) is 0 Å². The molecule has 0 aliphatic heterocycles. The lowest BCUT2D eigenvalue weighted by Crippen LogP contribution is -2.18. The van der Waals surface area contributed by atoms with Crippen molar-refractivity contribution < 1.29 is 0 Å². The molecule has 0 aliphatic carbocycles. The quantitative estimate of drug-likeness (QED) is 0.763. The van der Waals surface area contributed by atoms with Crippen molar-refractivity contribution in [2.75, 3.05) is 17.2 Å². The van der Waals surface area contributed by atoms with Gasteiger partial charge in [0.05, 0.1) is 12.4 Å². The molecular formula is C13H24N4. The van der Waals surface area contributed by atoms with Crippen molar-refractivity contribution in [2.45, 2.75) is 46.6 Å². The summed E-state index contributed by atoms with van der Waals surface area (Å²) in [4.78, 5) is 8.66. The third kappa shape index (κ3) is 5.52. The van der Waals surface area contributed by atoms with Crippen LogP contribution in [0.1, 0.15) is 40.5 Å². The molecule has 1 aromatic heterocycles. The van der Waals surface area contributed by atoms with Gasteiger partial charge in [0.2, 0.25) is 0 Å². The zero-order valence-electron chi connectivity index (χ0n) is 11.3. The summed E-state index contributed by atoms with van der Waals surface area (Å²) in [5, 5.41) is 6.61. The molecule has 1 heterocycles. The van der Waals surface area contributed by atoms with E-state index in [9.17, 15) is 0 Å². The number of anilines is 2. The Hall–Kier alpha value is -1.32. The van der Waals surface area contributed by atoms with E-state index in [0.717, 1.165) is 31.0 Å². The SMILES string of the molecule is CCCNc1cncc(NC(C)CC(C)C)n1. The van der Waals surface area contributed by atoms with E-state index in [4.69, 9.17) is 0 Å². The second kappa shape index (κ2) is 7.09. The highest BCUT2D eigenvalue weighted by Crippen LogP contribution is 2.11. The summed E-state index contributed by atoms with van der Waals surface area (Å²) in [6.45, 7) is 9.69. The Morgan fingerprint density at radius 1 is 1.18 bits per heavy atom. The van der Waals surface area contributed by atoms with Crippen molar-refractivity contribution in [2.24, 2.45) is 5.92 Å². The summed E-state index contributed by atoms with van der Waals surface area (Å²) in [5.74, 6) is 2.37. The number of rotatable bonds is 7. The van der Waals surface area contributed by atoms with Gasteiger partial charge in [-0.25, -0.2) is 4.98 Å². The first-order chi connectivity index (χ1) is 8.11. The van der Waals surface area contributed by atoms with Crippen molar-refractivity contribution in [3.8, 4) is 0 Å². The zero-order chi connectivity index (χ0) is 12.7. The van der Waals surface area contributed by atoms with Gasteiger partial charge in [0.1, 0.15) is 11.6 Å². The van der Waals surface area contributed by atoms with Crippen LogP contribution in [-0.2, 0) is 0 Å². The molecule has 0 fully saturated rings. The Kier molecular flexibility index (Phi) is 5.73. The van der Waals surface area contributed by atoms with Gasteiger partial charge in [-0.2, -0.15) is 0 Å². The average molecular weight is 236 g/mol. The molecule has 0 radical (unpaired) electrons. The van der Waals surface area contributed by atoms with E-state index in [1.54, 1.807) is 12.4 Å². The first-order valence-corrected chi connectivity index (χ1v) is 6.44. The minimum absolute atomic E-state index is 0.422. The summed E-state index contributed by atoms with van der Waals surface area (Å²) in [7, 11) is 0. The predicted molar refractivity (Wildman–Crippen MR) is 73.4 cm³/mol. The minimum Gasteiger partial charge on any atom is -0.369 e. The lowest BCUT2D eigenvalue weighted by Gasteiger charge is -2.16. The van der Waals surface area contributed by atoms with Crippen LogP contribution in [0.25, 0.3) is 0 Å². The van der Waals surface area contributed by atoms with Gasteiger partial charge in [-0.15, -0.1) is 0 Å². The van der Waals surface area contributed by atoms with Gasteiger partial charge in [0.25, 0.3) is 0 Å². The molecule has 1 rings (SSSR count). The van der Waals surface area contributed by atoms with Gasteiger partial charge in [-0.1, -0.05) is 20.8 Å². The van der Waals surface area contributed by atoms with E-state index in [1.165, 1.54) is 0 Å². The Labute approximate surface area is 104 Å². The molecule has 1 atom stereocenters. The van der Waals surface area contributed by atoms with Crippen molar-refractivity contribution in [1.82, 2.24) is 9.97 Å². The van der Waals surface area contributed by atoms with Crippen LogP contribution in [-0.4, -0.2) is 22.6 Å². The number of aromatic nitrogens is 2. The molecular weight excluding hydrogens is 212 g/mol. The van der Waals surface area contributed by atoms with E-state index in [0.29, 0.717) is 12.0 Å². The topological polar surface area (TPSA) is 49.8 Å². The fourth-order valence-corrected chi connectivity index (χ4v) is 1.79. The summed E-state index contributed by atoms with van der Waals surface area (Å²) in [6, 6.07) is 0.422. The molecule has 0 saturated carbocycles. The Bertz CT molecular complexity index is 325. The number of hydrogen-bond acceptors (Lipinski definition) is 4. The lowest BCUT2D eigenvalue weighted by molar-refractivity contribution is 0.538. The van der Waals surface area contributed by atoms with Crippen molar-refractivity contribution in [3.05, 3.63) is 12.4 Å². The maximum absolute atomic E-state index is 4.47. The van der Waals surface area contributed by atoms with E-state index in [1.807, 2.05) is 0 Å². The van der Waals surface area contributed by atoms with Gasteiger partial charge in [-0.3, -0.25) is 4.98 Å². The average Bonchev–Trinajstić information content (AvgIpc) is 2.25. The monoisotopic (exact) mass is 236 g/mol. The maximum atomic E-state index is 4.47. The van der Waals surface area contributed by atoms with Crippen LogP contribution < -0.4 is 10.6 Å². The second-order valence-corrected chi connectivity index (χ2v) is 4.89. The first kappa shape index (κ1) is 13.7. The van der Waals surface area contributed by atoms with E-state index in [-0.39, 0.29) is 0 Å². The predicted octanol–water partition coefficient (Wildman–Crippen LogP) is 3.15. The second-order valence-electron chi connectivity index (χ2n) is 4.89. The molecule has 1 unspecified atom stereocenters. The van der Waals surface area contributed by atoms with E-state index < -0.39 is 0 Å². The summed E-state index contributed by atoms with van der Waals surface area (Å²) in [6.07, 6.45) is 5.75. The van der Waals surface area contributed by atoms with E-state index in [2.05, 4.69) is 48.3 Å². The molecule has 0 bridgehead atoms. The number of nitrogens with zero attached hydrogens (tertiary/aromatic N) is 2. The molecule has 1 aromatic rings. The van der Waals surface area contributed by atoms with E-state index >= 15 is 0 Å². The van der Waals surface area contributed by atoms with Crippen LogP contribution in [0.4, 0.5) is 11.6 Å². The standard InChI is InChI=1S/C13H24N4/c1-5-6-15-12-8-14-9-13(17-12)16-11(4)7-10(2)3/h8-11H,5-7H2,1-4H3,(H2,15,16,17). The van der Waals surface area contributed by atoms with Crippen LogP contribution in [0, 0.1) is 5.92 Å². The van der Waals surface area contributed by atoms with Crippen LogP contribution >= 0.6 is 0 Å². The highest BCUT2D eigenvalue weighted by atomic mass is 15.1. The molecule has 2 N–H and O–H groups in total. The third-order valence-electron chi connectivity index (χ3n) is 2.41. The molecule has 0 saturated heterocycles. The summed E-state index contributed by atoms with van der Waals surface area (Å²) < 4.78 is 0. The zero-order valence-corrected chi connectivity index (χ0v) is 11.3. The molecule has 17 heavy (non-hydrogen) atoms. The fraction of sp³-hybridized carbons (Fsp3) is 0.692. The summed E-state index contributed by atoms with van der Waals surface area (Å²) in [5.41, 5.74) is 0. The molecule has 0 spiro atoms. The van der Waals surface area contributed by atoms with Crippen molar-refractivity contribution in [1.29, 1.82) is 0 Å². The van der Waals surface area contributed by atoms with Crippen molar-refractivity contribution in [3.63, 3.8) is 0 Å². The van der Waals surface area contributed by atoms with Crippen LogP contribution in [0.2, 0.25) is 0 Å². The minimum atomic E-state index is 0.422. The molecule has 4 heteroatoms. The van der Waals surface area contributed by atoms with Crippen molar-refractivity contribution >= 4 is 11.6 Å². The Morgan fingerprint density at radius 2 is 1.88 bits per heavy atom. The molecule has 0 aliphatic rings. The molecule has 4 nitrogen and oxygen atoms in total. The molecule has 96 valence electrons. The Morgan fingerprint density at radius 3 is 2.53 bits per heavy atom. The number of nitrogens with one attached hydrogen (secondary N) is 2. The largest absolute Gasteiger partial charge is 0.369 e.